The van der Waals surface area contributed by atoms with Gasteiger partial charge >= 0.3 is 0 Å². The summed E-state index contributed by atoms with van der Waals surface area (Å²) >= 11 is 0. The Bertz CT molecular complexity index is 517. The van der Waals surface area contributed by atoms with Gasteiger partial charge in [0.05, 0.1) is 12.5 Å². The molecule has 0 bridgehead atoms. The third kappa shape index (κ3) is 4.10. The molecule has 2 saturated heterocycles. The maximum absolute atomic E-state index is 12.2. The molecule has 0 saturated carbocycles. The highest BCUT2D eigenvalue weighted by molar-refractivity contribution is 5.92. The van der Waals surface area contributed by atoms with Gasteiger partial charge in [-0.1, -0.05) is 0 Å². The molecule has 23 heavy (non-hydrogen) atoms. The number of aromatic amines is 1. The fourth-order valence-corrected chi connectivity index (χ4v) is 3.23. The Morgan fingerprint density at radius 1 is 1.26 bits per heavy atom. The molecule has 7 nitrogen and oxygen atoms in total. The molecule has 2 N–H and O–H groups in total. The summed E-state index contributed by atoms with van der Waals surface area (Å²) in [7, 11) is 0. The molecule has 0 unspecified atom stereocenters. The number of amides is 2. The summed E-state index contributed by atoms with van der Waals surface area (Å²) < 4.78 is 5.28. The van der Waals surface area contributed by atoms with Crippen LogP contribution in [-0.4, -0.2) is 59.5 Å². The number of hydrogen-bond donors (Lipinski definition) is 2. The van der Waals surface area contributed by atoms with E-state index in [9.17, 15) is 9.59 Å². The van der Waals surface area contributed by atoms with Gasteiger partial charge in [0.1, 0.15) is 5.69 Å². The van der Waals surface area contributed by atoms with Crippen LogP contribution in [0.4, 0.5) is 0 Å². The van der Waals surface area contributed by atoms with E-state index in [1.165, 1.54) is 6.33 Å². The second-order valence-electron chi connectivity index (χ2n) is 6.33. The number of aromatic nitrogens is 2. The SMILES string of the molecule is O=C(NCC1CCN(C(=O)c2cnc[nH]2)CC1)C1CCOCC1. The maximum atomic E-state index is 12.2. The fourth-order valence-electron chi connectivity index (χ4n) is 3.23. The zero-order chi connectivity index (χ0) is 16.1. The van der Waals surface area contributed by atoms with Crippen LogP contribution in [0.25, 0.3) is 0 Å². The number of carbonyl (C=O) groups excluding carboxylic acids is 2. The van der Waals surface area contributed by atoms with Crippen LogP contribution in [0.5, 0.6) is 0 Å². The summed E-state index contributed by atoms with van der Waals surface area (Å²) in [6.45, 7) is 3.55. The van der Waals surface area contributed by atoms with E-state index in [2.05, 4.69) is 15.3 Å². The summed E-state index contributed by atoms with van der Waals surface area (Å²) in [5, 5.41) is 3.08. The van der Waals surface area contributed by atoms with Crippen molar-refractivity contribution in [1.82, 2.24) is 20.2 Å². The molecule has 126 valence electrons. The molecule has 3 rings (SSSR count). The van der Waals surface area contributed by atoms with Gasteiger partial charge in [0.2, 0.25) is 5.91 Å². The van der Waals surface area contributed by atoms with Crippen molar-refractivity contribution in [1.29, 1.82) is 0 Å². The van der Waals surface area contributed by atoms with Crippen molar-refractivity contribution in [3.05, 3.63) is 18.2 Å². The topological polar surface area (TPSA) is 87.3 Å². The molecule has 2 aliphatic heterocycles. The van der Waals surface area contributed by atoms with E-state index >= 15 is 0 Å². The second-order valence-corrected chi connectivity index (χ2v) is 6.33. The number of H-pyrrole nitrogens is 1. The third-order valence-corrected chi connectivity index (χ3v) is 4.79. The summed E-state index contributed by atoms with van der Waals surface area (Å²) in [4.78, 5) is 32.9. The average Bonchev–Trinajstić information content (AvgIpc) is 3.15. The van der Waals surface area contributed by atoms with Crippen LogP contribution in [-0.2, 0) is 9.53 Å². The Balaban J connectivity index is 1.39. The minimum absolute atomic E-state index is 0.00666. The smallest absolute Gasteiger partial charge is 0.271 e. The van der Waals surface area contributed by atoms with Crippen molar-refractivity contribution >= 4 is 11.8 Å². The van der Waals surface area contributed by atoms with Crippen LogP contribution in [0.3, 0.4) is 0 Å². The first-order valence-corrected chi connectivity index (χ1v) is 8.37. The van der Waals surface area contributed by atoms with E-state index in [0.29, 0.717) is 31.4 Å². The molecule has 0 radical (unpaired) electrons. The predicted molar refractivity (Wildman–Crippen MR) is 83.8 cm³/mol. The molecule has 1 aromatic rings. The Hall–Kier alpha value is -1.89. The van der Waals surface area contributed by atoms with Gasteiger partial charge < -0.3 is 19.9 Å². The van der Waals surface area contributed by atoms with E-state index in [1.54, 1.807) is 6.20 Å². The van der Waals surface area contributed by atoms with Crippen molar-refractivity contribution in [2.24, 2.45) is 11.8 Å². The predicted octanol–water partition coefficient (Wildman–Crippen LogP) is 0.805. The monoisotopic (exact) mass is 320 g/mol. The highest BCUT2D eigenvalue weighted by atomic mass is 16.5. The molecule has 0 spiro atoms. The quantitative estimate of drug-likeness (QED) is 0.859. The number of hydrogen-bond acceptors (Lipinski definition) is 4. The van der Waals surface area contributed by atoms with Gasteiger partial charge in [0.15, 0.2) is 0 Å². The van der Waals surface area contributed by atoms with Crippen molar-refractivity contribution in [3.8, 4) is 0 Å². The maximum Gasteiger partial charge on any atom is 0.271 e. The number of imidazole rings is 1. The largest absolute Gasteiger partial charge is 0.381 e. The highest BCUT2D eigenvalue weighted by Gasteiger charge is 2.26. The number of likely N-dealkylation sites (tertiary alicyclic amines) is 1. The second kappa shape index (κ2) is 7.59. The van der Waals surface area contributed by atoms with Crippen LogP contribution in [0.2, 0.25) is 0 Å². The van der Waals surface area contributed by atoms with Crippen LogP contribution in [0.15, 0.2) is 12.5 Å². The van der Waals surface area contributed by atoms with Crippen LogP contribution in [0, 0.1) is 11.8 Å². The van der Waals surface area contributed by atoms with Crippen molar-refractivity contribution in [3.63, 3.8) is 0 Å². The zero-order valence-corrected chi connectivity index (χ0v) is 13.3. The minimum atomic E-state index is 0.00666. The number of rotatable bonds is 4. The Morgan fingerprint density at radius 3 is 2.65 bits per heavy atom. The molecule has 2 fully saturated rings. The number of nitrogens with one attached hydrogen (secondary N) is 2. The number of ether oxygens (including phenoxy) is 1. The van der Waals surface area contributed by atoms with E-state index < -0.39 is 0 Å². The van der Waals surface area contributed by atoms with E-state index in [0.717, 1.165) is 38.8 Å². The summed E-state index contributed by atoms with van der Waals surface area (Å²) in [5.41, 5.74) is 0.538. The molecular weight excluding hydrogens is 296 g/mol. The van der Waals surface area contributed by atoms with Crippen LogP contribution >= 0.6 is 0 Å². The normalized spacial score (nSPS) is 20.4. The summed E-state index contributed by atoms with van der Waals surface area (Å²) in [6, 6.07) is 0. The first kappa shape index (κ1) is 16.0. The van der Waals surface area contributed by atoms with Gasteiger partial charge in [0, 0.05) is 38.8 Å². The van der Waals surface area contributed by atoms with Gasteiger partial charge in [-0.2, -0.15) is 0 Å². The van der Waals surface area contributed by atoms with Gasteiger partial charge in [-0.25, -0.2) is 4.98 Å². The van der Waals surface area contributed by atoms with Crippen LogP contribution < -0.4 is 5.32 Å². The molecule has 0 aromatic carbocycles. The molecule has 3 heterocycles. The van der Waals surface area contributed by atoms with Gasteiger partial charge in [-0.15, -0.1) is 0 Å². The summed E-state index contributed by atoms with van der Waals surface area (Å²) in [5.74, 6) is 0.715. The number of nitrogens with zero attached hydrogens (tertiary/aromatic N) is 2. The minimum Gasteiger partial charge on any atom is -0.381 e. The zero-order valence-electron chi connectivity index (χ0n) is 13.3. The molecule has 0 atom stereocenters. The number of piperidine rings is 1. The van der Waals surface area contributed by atoms with E-state index in [1.807, 2.05) is 4.90 Å². The molecule has 2 aliphatic rings. The van der Waals surface area contributed by atoms with Crippen molar-refractivity contribution in [2.45, 2.75) is 25.7 Å². The van der Waals surface area contributed by atoms with Gasteiger partial charge in [0.25, 0.3) is 5.91 Å². The highest BCUT2D eigenvalue weighted by Crippen LogP contribution is 2.19. The standard InChI is InChI=1S/C16H24N4O3/c21-15(13-3-7-23-8-4-13)18-9-12-1-5-20(6-2-12)16(22)14-10-17-11-19-14/h10-13H,1-9H2,(H,17,19)(H,18,21). The molecule has 2 amide bonds. The van der Waals surface area contributed by atoms with E-state index in [-0.39, 0.29) is 17.7 Å². The first-order chi connectivity index (χ1) is 11.2. The average molecular weight is 320 g/mol. The number of carbonyl (C=O) groups is 2. The van der Waals surface area contributed by atoms with Crippen molar-refractivity contribution in [2.75, 3.05) is 32.8 Å². The lowest BCUT2D eigenvalue weighted by Gasteiger charge is -2.32. The van der Waals surface area contributed by atoms with Gasteiger partial charge in [-0.05, 0) is 31.6 Å². The molecule has 1 aromatic heterocycles. The Morgan fingerprint density at radius 2 is 2.00 bits per heavy atom. The molecular formula is C16H24N4O3. The fraction of sp³-hybridized carbons (Fsp3) is 0.688. The Kier molecular flexibility index (Phi) is 5.27. The molecule has 0 aliphatic carbocycles. The van der Waals surface area contributed by atoms with Gasteiger partial charge in [-0.3, -0.25) is 9.59 Å². The van der Waals surface area contributed by atoms with E-state index in [4.69, 9.17) is 4.74 Å². The lowest BCUT2D eigenvalue weighted by atomic mass is 9.95. The lowest BCUT2D eigenvalue weighted by Crippen LogP contribution is -2.43. The van der Waals surface area contributed by atoms with Crippen molar-refractivity contribution < 1.29 is 14.3 Å². The van der Waals surface area contributed by atoms with Crippen LogP contribution in [0.1, 0.15) is 36.2 Å². The molecule has 7 heteroatoms. The Labute approximate surface area is 135 Å². The first-order valence-electron chi connectivity index (χ1n) is 8.37. The lowest BCUT2D eigenvalue weighted by molar-refractivity contribution is -0.128. The third-order valence-electron chi connectivity index (χ3n) is 4.79. The summed E-state index contributed by atoms with van der Waals surface area (Å²) in [6.07, 6.45) is 6.57.